The number of carbonyl (C=O) groups is 1. The first-order valence-corrected chi connectivity index (χ1v) is 5.47. The summed E-state index contributed by atoms with van der Waals surface area (Å²) in [6.07, 6.45) is 0.847. The molecule has 0 aliphatic carbocycles. The summed E-state index contributed by atoms with van der Waals surface area (Å²) >= 11 is 0. The number of carboxylic acid groups (broad SMARTS) is 1. The number of piperidine rings is 1. The van der Waals surface area contributed by atoms with Gasteiger partial charge in [0.1, 0.15) is 5.82 Å². The van der Waals surface area contributed by atoms with Gasteiger partial charge < -0.3 is 15.1 Å². The fourth-order valence-corrected chi connectivity index (χ4v) is 2.08. The van der Waals surface area contributed by atoms with Crippen molar-refractivity contribution in [1.82, 2.24) is 0 Å². The summed E-state index contributed by atoms with van der Waals surface area (Å²) in [5, 5.41) is 18.9. The summed E-state index contributed by atoms with van der Waals surface area (Å²) < 4.78 is 12.8. The van der Waals surface area contributed by atoms with E-state index in [-0.39, 0.29) is 18.8 Å². The lowest BCUT2D eigenvalue weighted by Gasteiger charge is -2.37. The van der Waals surface area contributed by atoms with Gasteiger partial charge in [0.25, 0.3) is 0 Å². The van der Waals surface area contributed by atoms with Crippen LogP contribution in [0.3, 0.4) is 0 Å². The predicted octanol–water partition coefficient (Wildman–Crippen LogP) is 1.24. The number of benzene rings is 1. The largest absolute Gasteiger partial charge is 0.479 e. The van der Waals surface area contributed by atoms with Gasteiger partial charge >= 0.3 is 5.97 Å². The third kappa shape index (κ3) is 2.39. The van der Waals surface area contributed by atoms with Gasteiger partial charge in [-0.05, 0) is 37.1 Å². The number of hydrogen-bond acceptors (Lipinski definition) is 3. The predicted molar refractivity (Wildman–Crippen MR) is 60.4 cm³/mol. The molecule has 0 radical (unpaired) electrons. The Labute approximate surface area is 98.3 Å². The first-order valence-electron chi connectivity index (χ1n) is 5.47. The molecule has 0 saturated carbocycles. The van der Waals surface area contributed by atoms with Crippen LogP contribution in [0.25, 0.3) is 0 Å². The molecule has 0 amide bonds. The fourth-order valence-electron chi connectivity index (χ4n) is 2.08. The van der Waals surface area contributed by atoms with Gasteiger partial charge in [-0.15, -0.1) is 0 Å². The first kappa shape index (κ1) is 11.9. The number of carboxylic acids is 1. The van der Waals surface area contributed by atoms with Gasteiger partial charge in [-0.25, -0.2) is 9.18 Å². The molecule has 1 heterocycles. The Bertz CT molecular complexity index is 420. The van der Waals surface area contributed by atoms with Crippen molar-refractivity contribution < 1.29 is 19.4 Å². The van der Waals surface area contributed by atoms with E-state index in [0.29, 0.717) is 13.0 Å². The zero-order chi connectivity index (χ0) is 12.5. The van der Waals surface area contributed by atoms with Crippen LogP contribution in [0.4, 0.5) is 10.1 Å². The molecule has 5 heteroatoms. The van der Waals surface area contributed by atoms with E-state index in [2.05, 4.69) is 0 Å². The molecule has 1 unspecified atom stereocenters. The van der Waals surface area contributed by atoms with Crippen LogP contribution in [0, 0.1) is 5.82 Å². The summed E-state index contributed by atoms with van der Waals surface area (Å²) in [4.78, 5) is 12.7. The average molecular weight is 239 g/mol. The van der Waals surface area contributed by atoms with E-state index in [1.54, 1.807) is 17.0 Å². The average Bonchev–Trinajstić information content (AvgIpc) is 2.30. The van der Waals surface area contributed by atoms with Gasteiger partial charge in [0, 0.05) is 12.2 Å². The lowest BCUT2D eigenvalue weighted by atomic mass is 9.92. The molecule has 0 aromatic heterocycles. The van der Waals surface area contributed by atoms with Crippen LogP contribution in [0.1, 0.15) is 12.8 Å². The van der Waals surface area contributed by atoms with Gasteiger partial charge in [-0.3, -0.25) is 0 Å². The van der Waals surface area contributed by atoms with E-state index < -0.39 is 11.6 Å². The molecule has 4 nitrogen and oxygen atoms in total. The van der Waals surface area contributed by atoms with E-state index in [0.717, 1.165) is 5.69 Å². The Morgan fingerprint density at radius 3 is 2.59 bits per heavy atom. The highest BCUT2D eigenvalue weighted by molar-refractivity contribution is 5.78. The summed E-state index contributed by atoms with van der Waals surface area (Å²) in [6, 6.07) is 5.82. The maximum absolute atomic E-state index is 12.8. The number of aliphatic carboxylic acids is 1. The molecular formula is C12H14FNO3. The molecule has 1 aromatic rings. The maximum atomic E-state index is 12.8. The topological polar surface area (TPSA) is 60.8 Å². The number of β-amino-alcohol motifs (C(OH)–C–C–N with tert-alkyl or cyclic N) is 1. The molecule has 1 aliphatic heterocycles. The number of rotatable bonds is 2. The second-order valence-corrected chi connectivity index (χ2v) is 4.34. The zero-order valence-corrected chi connectivity index (χ0v) is 9.27. The van der Waals surface area contributed by atoms with Crippen molar-refractivity contribution in [2.75, 3.05) is 18.0 Å². The molecule has 2 rings (SSSR count). The highest BCUT2D eigenvalue weighted by Gasteiger charge is 2.40. The van der Waals surface area contributed by atoms with E-state index in [9.17, 15) is 14.3 Å². The smallest absolute Gasteiger partial charge is 0.337 e. The minimum absolute atomic E-state index is 0.0357. The minimum Gasteiger partial charge on any atom is -0.479 e. The zero-order valence-electron chi connectivity index (χ0n) is 9.27. The number of halogens is 1. The number of anilines is 1. The van der Waals surface area contributed by atoms with Crippen LogP contribution in [0.5, 0.6) is 0 Å². The maximum Gasteiger partial charge on any atom is 0.337 e. The third-order valence-electron chi connectivity index (χ3n) is 3.06. The van der Waals surface area contributed by atoms with E-state index >= 15 is 0 Å². The van der Waals surface area contributed by atoms with Gasteiger partial charge in [-0.1, -0.05) is 0 Å². The quantitative estimate of drug-likeness (QED) is 0.815. The van der Waals surface area contributed by atoms with Gasteiger partial charge in [0.15, 0.2) is 5.60 Å². The van der Waals surface area contributed by atoms with Crippen LogP contribution in [-0.4, -0.2) is 34.9 Å². The Kier molecular flexibility index (Phi) is 3.02. The van der Waals surface area contributed by atoms with Crippen molar-refractivity contribution in [1.29, 1.82) is 0 Å². The van der Waals surface area contributed by atoms with Crippen molar-refractivity contribution in [3.05, 3.63) is 30.1 Å². The van der Waals surface area contributed by atoms with Crippen LogP contribution in [0.15, 0.2) is 24.3 Å². The normalized spacial score (nSPS) is 24.7. The Hall–Kier alpha value is -1.62. The molecule has 17 heavy (non-hydrogen) atoms. The van der Waals surface area contributed by atoms with Crippen LogP contribution < -0.4 is 4.90 Å². The lowest BCUT2D eigenvalue weighted by molar-refractivity contribution is -0.159. The second kappa shape index (κ2) is 4.33. The SMILES string of the molecule is O=C(O)C1(O)CCCN(c2ccc(F)cc2)C1. The number of aliphatic hydroxyl groups is 1. The third-order valence-corrected chi connectivity index (χ3v) is 3.06. The number of hydrogen-bond donors (Lipinski definition) is 2. The molecule has 2 N–H and O–H groups in total. The van der Waals surface area contributed by atoms with Gasteiger partial charge in [0.2, 0.25) is 0 Å². The number of nitrogens with zero attached hydrogens (tertiary/aromatic N) is 1. The monoisotopic (exact) mass is 239 g/mol. The van der Waals surface area contributed by atoms with Crippen molar-refractivity contribution in [2.24, 2.45) is 0 Å². The fraction of sp³-hybridized carbons (Fsp3) is 0.417. The van der Waals surface area contributed by atoms with E-state index in [1.807, 2.05) is 0 Å². The van der Waals surface area contributed by atoms with Crippen LogP contribution >= 0.6 is 0 Å². The molecule has 1 saturated heterocycles. The van der Waals surface area contributed by atoms with Crippen LogP contribution in [0.2, 0.25) is 0 Å². The molecule has 0 spiro atoms. The van der Waals surface area contributed by atoms with Crippen LogP contribution in [-0.2, 0) is 4.79 Å². The van der Waals surface area contributed by atoms with Gasteiger partial charge in [0.05, 0.1) is 6.54 Å². The lowest BCUT2D eigenvalue weighted by Crippen LogP contribution is -2.53. The molecule has 0 bridgehead atoms. The molecule has 92 valence electrons. The summed E-state index contributed by atoms with van der Waals surface area (Å²) in [6.45, 7) is 0.704. The van der Waals surface area contributed by atoms with E-state index in [1.165, 1.54) is 12.1 Å². The first-order chi connectivity index (χ1) is 8.01. The molecule has 1 aliphatic rings. The Morgan fingerprint density at radius 1 is 1.35 bits per heavy atom. The highest BCUT2D eigenvalue weighted by atomic mass is 19.1. The van der Waals surface area contributed by atoms with Crippen molar-refractivity contribution >= 4 is 11.7 Å². The summed E-state index contributed by atoms with van der Waals surface area (Å²) in [5.41, 5.74) is -0.974. The van der Waals surface area contributed by atoms with Crippen molar-refractivity contribution in [3.8, 4) is 0 Å². The molecule has 1 fully saturated rings. The summed E-state index contributed by atoms with van der Waals surface area (Å²) in [7, 11) is 0. The Balaban J connectivity index is 2.17. The molecule has 1 aromatic carbocycles. The molecule has 1 atom stereocenters. The second-order valence-electron chi connectivity index (χ2n) is 4.34. The van der Waals surface area contributed by atoms with Gasteiger partial charge in [-0.2, -0.15) is 0 Å². The highest BCUT2D eigenvalue weighted by Crippen LogP contribution is 2.26. The summed E-state index contributed by atoms with van der Waals surface area (Å²) in [5.74, 6) is -1.54. The van der Waals surface area contributed by atoms with Crippen molar-refractivity contribution in [3.63, 3.8) is 0 Å². The van der Waals surface area contributed by atoms with Crippen molar-refractivity contribution in [2.45, 2.75) is 18.4 Å². The molecular weight excluding hydrogens is 225 g/mol. The Morgan fingerprint density at radius 2 is 2.00 bits per heavy atom. The standard InChI is InChI=1S/C12H14FNO3/c13-9-2-4-10(5-3-9)14-7-1-6-12(17,8-14)11(15)16/h2-5,17H,1,6-8H2,(H,15,16). The minimum atomic E-state index is -1.70. The van der Waals surface area contributed by atoms with E-state index in [4.69, 9.17) is 5.11 Å².